The quantitative estimate of drug-likeness (QED) is 0.657. The molecular weight excluding hydrogens is 196 g/mol. The van der Waals surface area contributed by atoms with Gasteiger partial charge in [-0.1, -0.05) is 39.8 Å². The minimum Gasteiger partial charge on any atom is -0.259 e. The molecule has 0 aromatic carbocycles. The van der Waals surface area contributed by atoms with E-state index in [2.05, 4.69) is 25.8 Å². The highest BCUT2D eigenvalue weighted by atomic mass is 35.5. The van der Waals surface area contributed by atoms with Crippen molar-refractivity contribution in [3.05, 3.63) is 28.5 Å². The molecule has 1 heterocycles. The molecule has 0 N–H and O–H groups in total. The molecule has 0 saturated heterocycles. The third-order valence-electron chi connectivity index (χ3n) is 1.74. The van der Waals surface area contributed by atoms with Crippen LogP contribution in [0.15, 0.2) is 12.3 Å². The summed E-state index contributed by atoms with van der Waals surface area (Å²) in [6.07, 6.45) is 1.52. The summed E-state index contributed by atoms with van der Waals surface area (Å²) >= 11 is 5.87. The van der Waals surface area contributed by atoms with E-state index in [4.69, 9.17) is 16.9 Å². The van der Waals surface area contributed by atoms with Crippen molar-refractivity contribution in [3.63, 3.8) is 0 Å². The third kappa shape index (κ3) is 2.71. The van der Waals surface area contributed by atoms with Crippen LogP contribution in [0.1, 0.15) is 39.5 Å². The molecule has 0 spiro atoms. The number of rotatable bonds is 0. The summed E-state index contributed by atoms with van der Waals surface area (Å²) in [5.74, 6) is 0. The molecule has 3 heteroatoms. The maximum Gasteiger partial charge on any atom is 0.102 e. The Kier molecular flexibility index (Phi) is 4.09. The van der Waals surface area contributed by atoms with Crippen LogP contribution in [0.5, 0.6) is 0 Å². The van der Waals surface area contributed by atoms with Crippen LogP contribution in [0.4, 0.5) is 0 Å². The second-order valence-corrected chi connectivity index (χ2v) is 4.32. The summed E-state index contributed by atoms with van der Waals surface area (Å²) in [4.78, 5) is 4.17. The van der Waals surface area contributed by atoms with Gasteiger partial charge in [-0.15, -0.1) is 0 Å². The number of hydrogen-bond acceptors (Lipinski definition) is 2. The Labute approximate surface area is 90.5 Å². The Bertz CT molecular complexity index is 359. The molecule has 2 nitrogen and oxygen atoms in total. The van der Waals surface area contributed by atoms with Crippen LogP contribution in [0.3, 0.4) is 0 Å². The predicted molar refractivity (Wildman–Crippen MR) is 59.4 cm³/mol. The van der Waals surface area contributed by atoms with Crippen molar-refractivity contribution in [3.8, 4) is 6.07 Å². The molecule has 0 radical (unpaired) electrons. The molecule has 1 aromatic heterocycles. The van der Waals surface area contributed by atoms with Crippen molar-refractivity contribution in [2.75, 3.05) is 0 Å². The van der Waals surface area contributed by atoms with Gasteiger partial charge in [0.25, 0.3) is 0 Å². The van der Waals surface area contributed by atoms with Gasteiger partial charge in [-0.25, -0.2) is 0 Å². The molecule has 14 heavy (non-hydrogen) atoms. The molecule has 0 fully saturated rings. The van der Waals surface area contributed by atoms with Gasteiger partial charge in [0, 0.05) is 17.3 Å². The lowest BCUT2D eigenvalue weighted by Crippen LogP contribution is -2.13. The number of halogens is 1. The van der Waals surface area contributed by atoms with Gasteiger partial charge in [-0.2, -0.15) is 5.26 Å². The zero-order chi connectivity index (χ0) is 10.1. The second-order valence-electron chi connectivity index (χ2n) is 3.91. The first-order valence-electron chi connectivity index (χ1n) is 4.01. The van der Waals surface area contributed by atoms with E-state index in [-0.39, 0.29) is 12.8 Å². The van der Waals surface area contributed by atoms with E-state index in [0.29, 0.717) is 10.6 Å². The highest BCUT2D eigenvalue weighted by Crippen LogP contribution is 2.24. The van der Waals surface area contributed by atoms with Gasteiger partial charge in [0.1, 0.15) is 6.07 Å². The SMILES string of the molecule is C.CC(C)(C)c1cc(Cl)c(C#N)cn1. The minimum absolute atomic E-state index is 0. The van der Waals surface area contributed by atoms with Crippen molar-refractivity contribution < 1.29 is 0 Å². The van der Waals surface area contributed by atoms with Crippen LogP contribution in [0.25, 0.3) is 0 Å². The van der Waals surface area contributed by atoms with Crippen LogP contribution < -0.4 is 0 Å². The zero-order valence-corrected chi connectivity index (χ0v) is 8.68. The standard InChI is InChI=1S/C10H11ClN2.CH4/c1-10(2,3)9-4-8(11)7(5-12)6-13-9;/h4,6H,1-3H3;1H4. The summed E-state index contributed by atoms with van der Waals surface area (Å²) in [6, 6.07) is 3.73. The molecule has 0 bridgehead atoms. The van der Waals surface area contributed by atoms with E-state index in [1.165, 1.54) is 6.20 Å². The third-order valence-corrected chi connectivity index (χ3v) is 2.06. The average Bonchev–Trinajstić information content (AvgIpc) is 2.02. The second kappa shape index (κ2) is 4.43. The van der Waals surface area contributed by atoms with Crippen LogP contribution in [0.2, 0.25) is 5.02 Å². The van der Waals surface area contributed by atoms with Gasteiger partial charge in [0.05, 0.1) is 10.6 Å². The van der Waals surface area contributed by atoms with Crippen LogP contribution >= 0.6 is 11.6 Å². The van der Waals surface area contributed by atoms with Gasteiger partial charge in [0.15, 0.2) is 0 Å². The number of aromatic nitrogens is 1. The minimum atomic E-state index is -0.0301. The Morgan fingerprint density at radius 2 is 2.00 bits per heavy atom. The fourth-order valence-electron chi connectivity index (χ4n) is 0.923. The Balaban J connectivity index is 0.00000169. The molecule has 0 aliphatic heterocycles. The number of pyridine rings is 1. The number of hydrogen-bond donors (Lipinski definition) is 0. The van der Waals surface area contributed by atoms with Crippen molar-refractivity contribution in [1.82, 2.24) is 4.98 Å². The zero-order valence-electron chi connectivity index (χ0n) is 7.93. The molecule has 1 rings (SSSR count). The molecule has 0 aliphatic carbocycles. The van der Waals surface area contributed by atoms with E-state index in [1.807, 2.05) is 6.07 Å². The van der Waals surface area contributed by atoms with Crippen LogP contribution in [0, 0.1) is 11.3 Å². The van der Waals surface area contributed by atoms with Crippen molar-refractivity contribution in [1.29, 1.82) is 5.26 Å². The maximum absolute atomic E-state index is 8.64. The number of nitriles is 1. The summed E-state index contributed by atoms with van der Waals surface area (Å²) in [5.41, 5.74) is 1.30. The van der Waals surface area contributed by atoms with E-state index in [9.17, 15) is 0 Å². The Morgan fingerprint density at radius 1 is 1.43 bits per heavy atom. The van der Waals surface area contributed by atoms with E-state index >= 15 is 0 Å². The monoisotopic (exact) mass is 210 g/mol. The average molecular weight is 211 g/mol. The summed E-state index contributed by atoms with van der Waals surface area (Å²) in [5, 5.41) is 9.11. The van der Waals surface area contributed by atoms with E-state index in [0.717, 1.165) is 5.69 Å². The van der Waals surface area contributed by atoms with Gasteiger partial charge < -0.3 is 0 Å². The largest absolute Gasteiger partial charge is 0.259 e. The normalized spacial score (nSPS) is 10.2. The highest BCUT2D eigenvalue weighted by molar-refractivity contribution is 6.31. The first kappa shape index (κ1) is 12.9. The van der Waals surface area contributed by atoms with Gasteiger partial charge >= 0.3 is 0 Å². The fourth-order valence-corrected chi connectivity index (χ4v) is 1.12. The maximum atomic E-state index is 8.64. The first-order chi connectivity index (χ1) is 5.95. The van der Waals surface area contributed by atoms with Crippen molar-refractivity contribution in [2.24, 2.45) is 0 Å². The van der Waals surface area contributed by atoms with Crippen molar-refractivity contribution >= 4 is 11.6 Å². The smallest absolute Gasteiger partial charge is 0.102 e. The first-order valence-corrected chi connectivity index (χ1v) is 4.39. The lowest BCUT2D eigenvalue weighted by atomic mass is 9.91. The summed E-state index contributed by atoms with van der Waals surface area (Å²) < 4.78 is 0. The summed E-state index contributed by atoms with van der Waals surface area (Å²) in [7, 11) is 0. The molecule has 0 unspecified atom stereocenters. The van der Waals surface area contributed by atoms with E-state index in [1.54, 1.807) is 6.07 Å². The molecular formula is C11H15ClN2. The molecule has 0 atom stereocenters. The lowest BCUT2D eigenvalue weighted by Gasteiger charge is -2.17. The molecule has 0 amide bonds. The predicted octanol–water partition coefficient (Wildman–Crippen LogP) is 3.54. The van der Waals surface area contributed by atoms with E-state index < -0.39 is 0 Å². The lowest BCUT2D eigenvalue weighted by molar-refractivity contribution is 0.569. The topological polar surface area (TPSA) is 36.7 Å². The number of nitrogens with zero attached hydrogens (tertiary/aromatic N) is 2. The van der Waals surface area contributed by atoms with Gasteiger partial charge in [-0.3, -0.25) is 4.98 Å². The highest BCUT2D eigenvalue weighted by Gasteiger charge is 2.16. The fraction of sp³-hybridized carbons (Fsp3) is 0.455. The van der Waals surface area contributed by atoms with Gasteiger partial charge in [0.2, 0.25) is 0 Å². The van der Waals surface area contributed by atoms with Gasteiger partial charge in [-0.05, 0) is 6.07 Å². The molecule has 0 saturated carbocycles. The molecule has 0 aliphatic rings. The van der Waals surface area contributed by atoms with Crippen LogP contribution in [-0.2, 0) is 5.41 Å². The van der Waals surface area contributed by atoms with Crippen molar-refractivity contribution in [2.45, 2.75) is 33.6 Å². The molecule has 1 aromatic rings. The Morgan fingerprint density at radius 3 is 2.36 bits per heavy atom. The summed E-state index contributed by atoms with van der Waals surface area (Å²) in [6.45, 7) is 6.16. The van der Waals surface area contributed by atoms with Crippen LogP contribution in [-0.4, -0.2) is 4.98 Å². The molecule has 76 valence electrons. The Hall–Kier alpha value is -1.07.